The van der Waals surface area contributed by atoms with Crippen LogP contribution in [0.1, 0.15) is 105 Å². The molecule has 3 saturated carbocycles. The normalized spacial score (nSPS) is 32.6. The number of hydrogen-bond donors (Lipinski definition) is 0. The minimum absolute atomic E-state index is 1.02. The van der Waals surface area contributed by atoms with Crippen molar-refractivity contribution < 1.29 is 0 Å². The topological polar surface area (TPSA) is 6.48 Å². The number of rotatable bonds is 16. The third-order valence-corrected chi connectivity index (χ3v) is 9.09. The van der Waals surface area contributed by atoms with E-state index in [1.54, 1.807) is 25.7 Å². The lowest BCUT2D eigenvalue weighted by molar-refractivity contribution is 0.104. The van der Waals surface area contributed by atoms with Crippen LogP contribution < -0.4 is 0 Å². The molecule has 176 valence electrons. The SMILES string of the molecule is CCCCN(CCCC)CC1CC2CC1C1CCC(CN(CCCC)CCCC)C21. The largest absolute Gasteiger partial charge is 0.303 e. The Balaban J connectivity index is 1.53. The molecule has 6 unspecified atom stereocenters. The van der Waals surface area contributed by atoms with Crippen molar-refractivity contribution >= 4 is 0 Å². The second-order valence-corrected chi connectivity index (χ2v) is 11.2. The van der Waals surface area contributed by atoms with Crippen LogP contribution in [-0.2, 0) is 0 Å². The van der Waals surface area contributed by atoms with Gasteiger partial charge in [0, 0.05) is 13.1 Å². The van der Waals surface area contributed by atoms with E-state index >= 15 is 0 Å². The zero-order valence-electron chi connectivity index (χ0n) is 21.1. The van der Waals surface area contributed by atoms with Gasteiger partial charge in [-0.3, -0.25) is 0 Å². The number of nitrogens with zero attached hydrogens (tertiary/aromatic N) is 2. The molecule has 2 bridgehead atoms. The molecule has 2 heteroatoms. The summed E-state index contributed by atoms with van der Waals surface area (Å²) in [7, 11) is 0. The van der Waals surface area contributed by atoms with Gasteiger partial charge >= 0.3 is 0 Å². The molecule has 0 saturated heterocycles. The van der Waals surface area contributed by atoms with Gasteiger partial charge in [0.1, 0.15) is 0 Å². The maximum absolute atomic E-state index is 2.86. The lowest BCUT2D eigenvalue weighted by atomic mass is 9.73. The number of fused-ring (bicyclic) bond motifs is 5. The van der Waals surface area contributed by atoms with E-state index in [9.17, 15) is 0 Å². The zero-order valence-corrected chi connectivity index (χ0v) is 21.1. The Morgan fingerprint density at radius 3 is 1.57 bits per heavy atom. The molecule has 0 aromatic heterocycles. The second kappa shape index (κ2) is 12.8. The van der Waals surface area contributed by atoms with Crippen molar-refractivity contribution in [3.63, 3.8) is 0 Å². The molecule has 0 aliphatic heterocycles. The summed E-state index contributed by atoms with van der Waals surface area (Å²) in [5.41, 5.74) is 0. The van der Waals surface area contributed by atoms with Crippen molar-refractivity contribution in [3.8, 4) is 0 Å². The van der Waals surface area contributed by atoms with Gasteiger partial charge in [0.05, 0.1) is 0 Å². The molecular formula is C28H54N2. The van der Waals surface area contributed by atoms with Gasteiger partial charge in [0.2, 0.25) is 0 Å². The molecule has 6 atom stereocenters. The Labute approximate surface area is 189 Å². The monoisotopic (exact) mass is 418 g/mol. The fraction of sp³-hybridized carbons (Fsp3) is 1.00. The summed E-state index contributed by atoms with van der Waals surface area (Å²) >= 11 is 0. The summed E-state index contributed by atoms with van der Waals surface area (Å²) in [5, 5.41) is 0. The van der Waals surface area contributed by atoms with Gasteiger partial charge in [0.15, 0.2) is 0 Å². The Hall–Kier alpha value is -0.0800. The van der Waals surface area contributed by atoms with Gasteiger partial charge in [0.25, 0.3) is 0 Å². The fourth-order valence-electron chi connectivity index (χ4n) is 7.62. The van der Waals surface area contributed by atoms with Crippen molar-refractivity contribution in [2.24, 2.45) is 35.5 Å². The predicted octanol–water partition coefficient (Wildman–Crippen LogP) is 7.09. The van der Waals surface area contributed by atoms with E-state index in [0.717, 1.165) is 35.5 Å². The van der Waals surface area contributed by atoms with Crippen molar-refractivity contribution in [1.29, 1.82) is 0 Å². The van der Waals surface area contributed by atoms with Crippen LogP contribution in [0.15, 0.2) is 0 Å². The van der Waals surface area contributed by atoms with E-state index in [-0.39, 0.29) is 0 Å². The minimum atomic E-state index is 1.02. The second-order valence-electron chi connectivity index (χ2n) is 11.2. The third kappa shape index (κ3) is 6.25. The molecule has 30 heavy (non-hydrogen) atoms. The highest BCUT2D eigenvalue weighted by Gasteiger charge is 2.56. The molecule has 0 aromatic carbocycles. The third-order valence-electron chi connectivity index (χ3n) is 9.09. The van der Waals surface area contributed by atoms with Crippen LogP contribution >= 0.6 is 0 Å². The first-order valence-corrected chi connectivity index (χ1v) is 14.2. The summed E-state index contributed by atoms with van der Waals surface area (Å²) in [4.78, 5) is 5.72. The van der Waals surface area contributed by atoms with Gasteiger partial charge in [-0.2, -0.15) is 0 Å². The maximum atomic E-state index is 2.86. The average Bonchev–Trinajstić information content (AvgIpc) is 3.44. The van der Waals surface area contributed by atoms with Crippen molar-refractivity contribution in [3.05, 3.63) is 0 Å². The Bertz CT molecular complexity index is 448. The highest BCUT2D eigenvalue weighted by molar-refractivity contribution is 5.06. The highest BCUT2D eigenvalue weighted by Crippen LogP contribution is 2.62. The van der Waals surface area contributed by atoms with Gasteiger partial charge < -0.3 is 9.80 Å². The van der Waals surface area contributed by atoms with E-state index in [4.69, 9.17) is 0 Å². The molecule has 3 aliphatic carbocycles. The molecule has 0 aromatic rings. The molecule has 3 fully saturated rings. The Morgan fingerprint density at radius 2 is 1.07 bits per heavy atom. The molecule has 0 amide bonds. The van der Waals surface area contributed by atoms with Gasteiger partial charge in [-0.25, -0.2) is 0 Å². The van der Waals surface area contributed by atoms with Crippen molar-refractivity contribution in [2.45, 2.75) is 105 Å². The summed E-state index contributed by atoms with van der Waals surface area (Å²) in [6, 6.07) is 0. The maximum Gasteiger partial charge on any atom is 0.00125 e. The van der Waals surface area contributed by atoms with Gasteiger partial charge in [-0.1, -0.05) is 53.4 Å². The Kier molecular flexibility index (Phi) is 10.5. The molecule has 3 rings (SSSR count). The molecule has 2 nitrogen and oxygen atoms in total. The van der Waals surface area contributed by atoms with E-state index in [2.05, 4.69) is 37.5 Å². The molecule has 0 radical (unpaired) electrons. The van der Waals surface area contributed by atoms with Crippen LogP contribution in [0.25, 0.3) is 0 Å². The van der Waals surface area contributed by atoms with Crippen LogP contribution in [0.5, 0.6) is 0 Å². The van der Waals surface area contributed by atoms with Crippen LogP contribution in [0.3, 0.4) is 0 Å². The first-order chi connectivity index (χ1) is 14.7. The molecule has 0 spiro atoms. The van der Waals surface area contributed by atoms with Crippen LogP contribution in [0.2, 0.25) is 0 Å². The van der Waals surface area contributed by atoms with Gasteiger partial charge in [-0.15, -0.1) is 0 Å². The van der Waals surface area contributed by atoms with E-state index in [0.29, 0.717) is 0 Å². The Morgan fingerprint density at radius 1 is 0.567 bits per heavy atom. The molecule has 0 N–H and O–H groups in total. The molecule has 0 heterocycles. The highest BCUT2D eigenvalue weighted by atomic mass is 15.1. The average molecular weight is 419 g/mol. The first kappa shape index (κ1) is 24.6. The predicted molar refractivity (Wildman–Crippen MR) is 132 cm³/mol. The quantitative estimate of drug-likeness (QED) is 0.264. The van der Waals surface area contributed by atoms with Crippen LogP contribution in [-0.4, -0.2) is 49.1 Å². The lowest BCUT2D eigenvalue weighted by Gasteiger charge is -2.38. The van der Waals surface area contributed by atoms with Gasteiger partial charge in [-0.05, 0) is 113 Å². The van der Waals surface area contributed by atoms with Crippen LogP contribution in [0, 0.1) is 35.5 Å². The lowest BCUT2D eigenvalue weighted by Crippen LogP contribution is -2.39. The summed E-state index contributed by atoms with van der Waals surface area (Å²) in [6.07, 6.45) is 17.2. The fourth-order valence-corrected chi connectivity index (χ4v) is 7.62. The van der Waals surface area contributed by atoms with E-state index < -0.39 is 0 Å². The van der Waals surface area contributed by atoms with E-state index in [1.165, 1.54) is 90.6 Å². The smallest absolute Gasteiger partial charge is 0.00125 e. The summed E-state index contributed by atoms with van der Waals surface area (Å²) in [6.45, 7) is 17.7. The summed E-state index contributed by atoms with van der Waals surface area (Å²) < 4.78 is 0. The van der Waals surface area contributed by atoms with Crippen molar-refractivity contribution in [1.82, 2.24) is 9.80 Å². The zero-order chi connectivity index (χ0) is 21.3. The number of unbranched alkanes of at least 4 members (excludes halogenated alkanes) is 4. The number of hydrogen-bond acceptors (Lipinski definition) is 2. The molecule has 3 aliphatic rings. The van der Waals surface area contributed by atoms with E-state index in [1.807, 2.05) is 0 Å². The first-order valence-electron chi connectivity index (χ1n) is 14.2. The van der Waals surface area contributed by atoms with Crippen LogP contribution in [0.4, 0.5) is 0 Å². The standard InChI is InChI=1S/C28H54N2/c1-5-9-15-29(16-10-6-2)21-23-13-14-26-27-20-24(28(23)26)19-25(27)22-30(17-11-7-3)18-12-8-4/h23-28H,5-22H2,1-4H3. The molecular weight excluding hydrogens is 364 g/mol. The minimum Gasteiger partial charge on any atom is -0.303 e. The summed E-state index contributed by atoms with van der Waals surface area (Å²) in [5.74, 6) is 6.40. The van der Waals surface area contributed by atoms with Crippen molar-refractivity contribution in [2.75, 3.05) is 39.3 Å².